The molecule has 0 N–H and O–H groups in total. The quantitative estimate of drug-likeness (QED) is 0.796. The molecule has 0 aliphatic heterocycles. The van der Waals surface area contributed by atoms with Crippen molar-refractivity contribution in [3.05, 3.63) is 35.9 Å². The van der Waals surface area contributed by atoms with E-state index < -0.39 is 0 Å². The zero-order chi connectivity index (χ0) is 9.10. The number of benzene rings is 1. The van der Waals surface area contributed by atoms with Crippen LogP contribution in [0.2, 0.25) is 0 Å². The van der Waals surface area contributed by atoms with Crippen molar-refractivity contribution in [3.8, 4) is 0 Å². The molecule has 0 radical (unpaired) electrons. The smallest absolute Gasteiger partial charge is 0.309 e. The van der Waals surface area contributed by atoms with Gasteiger partial charge in [0.15, 0.2) is 0 Å². The normalized spacial score (nSPS) is 12.5. The average Bonchev–Trinajstić information content (AvgIpc) is 2.99. The van der Waals surface area contributed by atoms with Gasteiger partial charge < -0.3 is 4.74 Å². The summed E-state index contributed by atoms with van der Waals surface area (Å²) < 4.78 is 5.11. The highest BCUT2D eigenvalue weighted by Crippen LogP contribution is 2.30. The number of hydrogen-bond acceptors (Lipinski definition) is 2. The lowest BCUT2D eigenvalue weighted by Gasteiger charge is -2.02. The van der Waals surface area contributed by atoms with E-state index >= 15 is 0 Å². The van der Waals surface area contributed by atoms with Gasteiger partial charge in [-0.3, -0.25) is 4.79 Å². The molecule has 16 heavy (non-hydrogen) atoms. The molecule has 92 valence electrons. The van der Waals surface area contributed by atoms with Crippen LogP contribution in [0, 0.1) is 5.92 Å². The Labute approximate surface area is 114 Å². The van der Waals surface area contributed by atoms with Crippen LogP contribution in [0.3, 0.4) is 0 Å². The van der Waals surface area contributed by atoms with Gasteiger partial charge >= 0.3 is 5.97 Å². The third-order valence-electron chi connectivity index (χ3n) is 2.13. The minimum Gasteiger partial charge on any atom is -0.461 e. The van der Waals surface area contributed by atoms with E-state index in [0.717, 1.165) is 18.4 Å². The largest absolute Gasteiger partial charge is 0.461 e. The summed E-state index contributed by atoms with van der Waals surface area (Å²) in [5, 5.41) is 0. The second kappa shape index (κ2) is 8.68. The van der Waals surface area contributed by atoms with E-state index in [0.29, 0.717) is 6.61 Å². The van der Waals surface area contributed by atoms with Crippen LogP contribution in [-0.4, -0.2) is 5.97 Å². The molecule has 1 fully saturated rings. The molecule has 0 heterocycles. The number of carbonyl (C=O) groups excluding carboxylic acids is 1. The SMILES string of the molecule is Cl.Cl.Cl.O=C(OCc1ccccc1)C1CC1. The van der Waals surface area contributed by atoms with Gasteiger partial charge in [0.1, 0.15) is 6.61 Å². The molecule has 1 saturated carbocycles. The summed E-state index contributed by atoms with van der Waals surface area (Å²) in [5.74, 6) is 0.160. The molecule has 2 nitrogen and oxygen atoms in total. The molecule has 0 saturated heterocycles. The van der Waals surface area contributed by atoms with Crippen molar-refractivity contribution in [2.75, 3.05) is 0 Å². The molecular weight excluding hydrogens is 270 g/mol. The van der Waals surface area contributed by atoms with E-state index in [1.165, 1.54) is 0 Å². The Kier molecular flexibility index (Phi) is 9.73. The summed E-state index contributed by atoms with van der Waals surface area (Å²) >= 11 is 0. The molecular formula is C11H15Cl3O2. The minimum atomic E-state index is -0.0381. The van der Waals surface area contributed by atoms with Crippen molar-refractivity contribution in [1.82, 2.24) is 0 Å². The van der Waals surface area contributed by atoms with Gasteiger partial charge in [0.05, 0.1) is 5.92 Å². The lowest BCUT2D eigenvalue weighted by molar-refractivity contribution is -0.146. The lowest BCUT2D eigenvalue weighted by atomic mass is 10.2. The Morgan fingerprint density at radius 2 is 1.69 bits per heavy atom. The van der Waals surface area contributed by atoms with E-state index in [1.807, 2.05) is 30.3 Å². The molecule has 0 atom stereocenters. The van der Waals surface area contributed by atoms with Crippen LogP contribution in [0.25, 0.3) is 0 Å². The predicted octanol–water partition coefficient (Wildman–Crippen LogP) is 3.41. The van der Waals surface area contributed by atoms with Crippen molar-refractivity contribution >= 4 is 43.2 Å². The first kappa shape index (κ1) is 17.9. The summed E-state index contributed by atoms with van der Waals surface area (Å²) in [5.41, 5.74) is 1.05. The second-order valence-corrected chi connectivity index (χ2v) is 3.37. The fraction of sp³-hybridized carbons (Fsp3) is 0.364. The highest BCUT2D eigenvalue weighted by atomic mass is 35.5. The first-order valence-corrected chi connectivity index (χ1v) is 4.57. The van der Waals surface area contributed by atoms with E-state index in [1.54, 1.807) is 0 Å². The van der Waals surface area contributed by atoms with Gasteiger partial charge in [0.25, 0.3) is 0 Å². The van der Waals surface area contributed by atoms with E-state index in [2.05, 4.69) is 0 Å². The maximum absolute atomic E-state index is 11.2. The van der Waals surface area contributed by atoms with Crippen molar-refractivity contribution in [2.45, 2.75) is 19.4 Å². The van der Waals surface area contributed by atoms with Crippen molar-refractivity contribution in [1.29, 1.82) is 0 Å². The average molecular weight is 286 g/mol. The summed E-state index contributed by atoms with van der Waals surface area (Å²) in [6.45, 7) is 0.413. The molecule has 1 aliphatic rings. The maximum atomic E-state index is 11.2. The number of esters is 1. The van der Waals surface area contributed by atoms with Gasteiger partial charge in [0.2, 0.25) is 0 Å². The molecule has 1 aromatic carbocycles. The van der Waals surface area contributed by atoms with Crippen LogP contribution in [0.5, 0.6) is 0 Å². The van der Waals surface area contributed by atoms with E-state index in [4.69, 9.17) is 4.74 Å². The number of ether oxygens (including phenoxy) is 1. The van der Waals surface area contributed by atoms with Crippen LogP contribution in [0.4, 0.5) is 0 Å². The standard InChI is InChI=1S/C11H12O2.3ClH/c12-11(10-6-7-10)13-8-9-4-2-1-3-5-9;;;/h1-5,10H,6-8H2;3*1H. The topological polar surface area (TPSA) is 26.3 Å². The first-order chi connectivity index (χ1) is 6.36. The van der Waals surface area contributed by atoms with E-state index in [9.17, 15) is 4.79 Å². The molecule has 0 unspecified atom stereocenters. The van der Waals surface area contributed by atoms with Crippen LogP contribution >= 0.6 is 37.2 Å². The van der Waals surface area contributed by atoms with Crippen LogP contribution in [-0.2, 0) is 16.1 Å². The van der Waals surface area contributed by atoms with Crippen LogP contribution < -0.4 is 0 Å². The third kappa shape index (κ3) is 5.59. The second-order valence-electron chi connectivity index (χ2n) is 3.37. The monoisotopic (exact) mass is 284 g/mol. The molecule has 1 aliphatic carbocycles. The number of rotatable bonds is 3. The van der Waals surface area contributed by atoms with Gasteiger partial charge in [-0.1, -0.05) is 30.3 Å². The van der Waals surface area contributed by atoms with E-state index in [-0.39, 0.29) is 49.1 Å². The Bertz CT molecular complexity index is 299. The van der Waals surface area contributed by atoms with Gasteiger partial charge in [-0.2, -0.15) is 0 Å². The fourth-order valence-electron chi connectivity index (χ4n) is 1.17. The van der Waals surface area contributed by atoms with Crippen molar-refractivity contribution in [2.24, 2.45) is 5.92 Å². The number of hydrogen-bond donors (Lipinski definition) is 0. The number of carbonyl (C=O) groups is 1. The summed E-state index contributed by atoms with van der Waals surface area (Å²) in [4.78, 5) is 11.2. The highest BCUT2D eigenvalue weighted by Gasteiger charge is 2.31. The number of halogens is 3. The molecule has 0 aromatic heterocycles. The molecule has 0 bridgehead atoms. The zero-order valence-electron chi connectivity index (χ0n) is 8.63. The predicted molar refractivity (Wildman–Crippen MR) is 70.7 cm³/mol. The Balaban J connectivity index is 0. The van der Waals surface area contributed by atoms with Crippen LogP contribution in [0.15, 0.2) is 30.3 Å². The Morgan fingerprint density at radius 1 is 1.12 bits per heavy atom. The summed E-state index contributed by atoms with van der Waals surface area (Å²) in [7, 11) is 0. The Morgan fingerprint density at radius 3 is 2.19 bits per heavy atom. The third-order valence-corrected chi connectivity index (χ3v) is 2.13. The lowest BCUT2D eigenvalue weighted by Crippen LogP contribution is -2.05. The molecule has 0 spiro atoms. The van der Waals surface area contributed by atoms with Gasteiger partial charge in [-0.25, -0.2) is 0 Å². The molecule has 1 aromatic rings. The molecule has 5 heteroatoms. The summed E-state index contributed by atoms with van der Waals surface area (Å²) in [6, 6.07) is 9.76. The molecule has 0 amide bonds. The van der Waals surface area contributed by atoms with Gasteiger partial charge in [-0.15, -0.1) is 37.2 Å². The van der Waals surface area contributed by atoms with Crippen molar-refractivity contribution in [3.63, 3.8) is 0 Å². The minimum absolute atomic E-state index is 0. The molecule has 2 rings (SSSR count). The van der Waals surface area contributed by atoms with Crippen molar-refractivity contribution < 1.29 is 9.53 Å². The Hall–Kier alpha value is -0.440. The zero-order valence-corrected chi connectivity index (χ0v) is 11.1. The summed E-state index contributed by atoms with van der Waals surface area (Å²) in [6.07, 6.45) is 2.02. The highest BCUT2D eigenvalue weighted by molar-refractivity contribution is 5.86. The van der Waals surface area contributed by atoms with Crippen LogP contribution in [0.1, 0.15) is 18.4 Å². The maximum Gasteiger partial charge on any atom is 0.309 e. The first-order valence-electron chi connectivity index (χ1n) is 4.57. The van der Waals surface area contributed by atoms with Gasteiger partial charge in [-0.05, 0) is 18.4 Å². The fourth-order valence-corrected chi connectivity index (χ4v) is 1.17. The van der Waals surface area contributed by atoms with Gasteiger partial charge in [0, 0.05) is 0 Å².